The van der Waals surface area contributed by atoms with E-state index in [0.717, 1.165) is 23.4 Å². The zero-order valence-electron chi connectivity index (χ0n) is 14.2. The van der Waals surface area contributed by atoms with Gasteiger partial charge in [-0.15, -0.1) is 0 Å². The number of nitrogens with one attached hydrogen (secondary N) is 2. The van der Waals surface area contributed by atoms with Crippen LogP contribution in [0.2, 0.25) is 0 Å². The molecule has 0 unspecified atom stereocenters. The van der Waals surface area contributed by atoms with Gasteiger partial charge >= 0.3 is 0 Å². The van der Waals surface area contributed by atoms with E-state index in [1.165, 1.54) is 6.07 Å². The van der Waals surface area contributed by atoms with Crippen molar-refractivity contribution in [1.29, 1.82) is 0 Å². The van der Waals surface area contributed by atoms with E-state index < -0.39 is 17.5 Å². The van der Waals surface area contributed by atoms with E-state index in [0.29, 0.717) is 11.8 Å². The fraction of sp³-hybridized carbons (Fsp3) is 0.105. The van der Waals surface area contributed by atoms with Crippen LogP contribution >= 0.6 is 0 Å². The molecule has 2 aromatic carbocycles. The molecule has 132 valence electrons. The summed E-state index contributed by atoms with van der Waals surface area (Å²) in [5.41, 5.74) is 2.36. The van der Waals surface area contributed by atoms with Crippen LogP contribution < -0.4 is 10.6 Å². The van der Waals surface area contributed by atoms with Crippen LogP contribution in [0.25, 0.3) is 0 Å². The van der Waals surface area contributed by atoms with Crippen LogP contribution in [0.3, 0.4) is 0 Å². The molecule has 0 bridgehead atoms. The van der Waals surface area contributed by atoms with Gasteiger partial charge in [0.25, 0.3) is 5.91 Å². The molecule has 5 nitrogen and oxygen atoms in total. The first kappa shape index (κ1) is 17.5. The predicted octanol–water partition coefficient (Wildman–Crippen LogP) is 4.37. The first-order chi connectivity index (χ1) is 12.4. The molecule has 0 aliphatic rings. The SMILES string of the molecule is Cc1cccc(Nc2nc(C)cc(C(=O)Nc3ccc(F)cc3F)n2)c1. The summed E-state index contributed by atoms with van der Waals surface area (Å²) in [5, 5.41) is 5.42. The Kier molecular flexibility index (Phi) is 4.88. The number of benzene rings is 2. The Labute approximate surface area is 149 Å². The second-order valence-electron chi connectivity index (χ2n) is 5.79. The molecule has 0 aliphatic heterocycles. The van der Waals surface area contributed by atoms with Crippen molar-refractivity contribution in [3.05, 3.63) is 77.1 Å². The van der Waals surface area contributed by atoms with Crippen molar-refractivity contribution >= 4 is 23.2 Å². The molecule has 0 aliphatic carbocycles. The molecule has 1 amide bonds. The third-order valence-electron chi connectivity index (χ3n) is 3.54. The summed E-state index contributed by atoms with van der Waals surface area (Å²) in [7, 11) is 0. The lowest BCUT2D eigenvalue weighted by molar-refractivity contribution is 0.102. The topological polar surface area (TPSA) is 66.9 Å². The summed E-state index contributed by atoms with van der Waals surface area (Å²) in [6.07, 6.45) is 0. The molecule has 3 aromatic rings. The monoisotopic (exact) mass is 354 g/mol. The molecule has 3 rings (SSSR count). The average molecular weight is 354 g/mol. The summed E-state index contributed by atoms with van der Waals surface area (Å²) in [6.45, 7) is 3.68. The highest BCUT2D eigenvalue weighted by atomic mass is 19.1. The van der Waals surface area contributed by atoms with E-state index in [4.69, 9.17) is 0 Å². The minimum atomic E-state index is -0.859. The Morgan fingerprint density at radius 2 is 1.81 bits per heavy atom. The number of aryl methyl sites for hydroxylation is 2. The van der Waals surface area contributed by atoms with Gasteiger partial charge in [0.15, 0.2) is 0 Å². The fourth-order valence-corrected chi connectivity index (χ4v) is 2.37. The van der Waals surface area contributed by atoms with Gasteiger partial charge < -0.3 is 10.6 Å². The molecule has 1 heterocycles. The molecule has 0 atom stereocenters. The minimum Gasteiger partial charge on any atom is -0.324 e. The quantitative estimate of drug-likeness (QED) is 0.730. The van der Waals surface area contributed by atoms with Crippen LogP contribution in [0.4, 0.5) is 26.1 Å². The number of anilines is 3. The minimum absolute atomic E-state index is 0.0661. The fourth-order valence-electron chi connectivity index (χ4n) is 2.37. The molecule has 0 radical (unpaired) electrons. The number of carbonyl (C=O) groups is 1. The highest BCUT2D eigenvalue weighted by Gasteiger charge is 2.14. The Bertz CT molecular complexity index is 976. The van der Waals surface area contributed by atoms with Crippen LogP contribution in [0, 0.1) is 25.5 Å². The van der Waals surface area contributed by atoms with Crippen molar-refractivity contribution in [1.82, 2.24) is 9.97 Å². The van der Waals surface area contributed by atoms with Gasteiger partial charge in [-0.1, -0.05) is 12.1 Å². The number of hydrogen-bond donors (Lipinski definition) is 2. The molecule has 1 aromatic heterocycles. The van der Waals surface area contributed by atoms with Gasteiger partial charge in [-0.2, -0.15) is 0 Å². The molecule has 2 N–H and O–H groups in total. The maximum Gasteiger partial charge on any atom is 0.274 e. The van der Waals surface area contributed by atoms with E-state index in [2.05, 4.69) is 20.6 Å². The maximum atomic E-state index is 13.7. The van der Waals surface area contributed by atoms with Crippen LogP contribution in [0.15, 0.2) is 48.5 Å². The van der Waals surface area contributed by atoms with Gasteiger partial charge in [-0.3, -0.25) is 4.79 Å². The number of nitrogens with zero attached hydrogens (tertiary/aromatic N) is 2. The number of amides is 1. The van der Waals surface area contributed by atoms with Crippen molar-refractivity contribution in [2.75, 3.05) is 10.6 Å². The highest BCUT2D eigenvalue weighted by Crippen LogP contribution is 2.18. The summed E-state index contributed by atoms with van der Waals surface area (Å²) in [5.74, 6) is -1.95. The third kappa shape index (κ3) is 4.18. The first-order valence-corrected chi connectivity index (χ1v) is 7.86. The van der Waals surface area contributed by atoms with Crippen LogP contribution in [-0.2, 0) is 0 Å². The lowest BCUT2D eigenvalue weighted by Gasteiger charge is -2.10. The van der Waals surface area contributed by atoms with Gasteiger partial charge in [-0.25, -0.2) is 18.7 Å². The van der Waals surface area contributed by atoms with Gasteiger partial charge in [0.2, 0.25) is 5.95 Å². The normalized spacial score (nSPS) is 10.5. The van der Waals surface area contributed by atoms with E-state index >= 15 is 0 Å². The molecule has 0 saturated carbocycles. The Morgan fingerprint density at radius 1 is 1.00 bits per heavy atom. The number of aromatic nitrogens is 2. The molecule has 0 saturated heterocycles. The second-order valence-corrected chi connectivity index (χ2v) is 5.79. The standard InChI is InChI=1S/C19H16F2N4O/c1-11-4-3-5-14(8-11)23-19-22-12(2)9-17(25-19)18(26)24-16-7-6-13(20)10-15(16)21/h3-10H,1-2H3,(H,24,26)(H,22,23,25). The Morgan fingerprint density at radius 3 is 2.54 bits per heavy atom. The van der Waals surface area contributed by atoms with E-state index in [1.54, 1.807) is 6.92 Å². The smallest absolute Gasteiger partial charge is 0.274 e. The largest absolute Gasteiger partial charge is 0.324 e. The van der Waals surface area contributed by atoms with Gasteiger partial charge in [-0.05, 0) is 49.7 Å². The maximum absolute atomic E-state index is 13.7. The van der Waals surface area contributed by atoms with E-state index in [-0.39, 0.29) is 17.3 Å². The molecular weight excluding hydrogens is 338 g/mol. The number of halogens is 2. The molecule has 7 heteroatoms. The summed E-state index contributed by atoms with van der Waals surface area (Å²) < 4.78 is 26.7. The summed E-state index contributed by atoms with van der Waals surface area (Å²) in [4.78, 5) is 20.8. The highest BCUT2D eigenvalue weighted by molar-refractivity contribution is 6.03. The van der Waals surface area contributed by atoms with Crippen molar-refractivity contribution in [2.24, 2.45) is 0 Å². The average Bonchev–Trinajstić information content (AvgIpc) is 2.57. The van der Waals surface area contributed by atoms with Gasteiger partial charge in [0, 0.05) is 17.4 Å². The Hall–Kier alpha value is -3.35. The lowest BCUT2D eigenvalue weighted by atomic mass is 10.2. The van der Waals surface area contributed by atoms with Crippen molar-refractivity contribution in [2.45, 2.75) is 13.8 Å². The molecule has 0 fully saturated rings. The number of hydrogen-bond acceptors (Lipinski definition) is 4. The number of carbonyl (C=O) groups excluding carboxylic acids is 1. The molecular formula is C19H16F2N4O. The molecule has 0 spiro atoms. The van der Waals surface area contributed by atoms with E-state index in [1.807, 2.05) is 31.2 Å². The molecule has 26 heavy (non-hydrogen) atoms. The first-order valence-electron chi connectivity index (χ1n) is 7.86. The zero-order valence-corrected chi connectivity index (χ0v) is 14.2. The Balaban J connectivity index is 1.83. The van der Waals surface area contributed by atoms with Crippen molar-refractivity contribution < 1.29 is 13.6 Å². The van der Waals surface area contributed by atoms with E-state index in [9.17, 15) is 13.6 Å². The summed E-state index contributed by atoms with van der Waals surface area (Å²) in [6, 6.07) is 12.0. The van der Waals surface area contributed by atoms with Crippen molar-refractivity contribution in [3.8, 4) is 0 Å². The predicted molar refractivity (Wildman–Crippen MR) is 95.5 cm³/mol. The van der Waals surface area contributed by atoms with Crippen LogP contribution in [-0.4, -0.2) is 15.9 Å². The lowest BCUT2D eigenvalue weighted by Crippen LogP contribution is -2.16. The van der Waals surface area contributed by atoms with Crippen molar-refractivity contribution in [3.63, 3.8) is 0 Å². The van der Waals surface area contributed by atoms with Gasteiger partial charge in [0.05, 0.1) is 5.69 Å². The van der Waals surface area contributed by atoms with Gasteiger partial charge in [0.1, 0.15) is 17.3 Å². The number of rotatable bonds is 4. The zero-order chi connectivity index (χ0) is 18.7. The second kappa shape index (κ2) is 7.26. The third-order valence-corrected chi connectivity index (χ3v) is 3.54. The van der Waals surface area contributed by atoms with Crippen LogP contribution in [0.5, 0.6) is 0 Å². The summed E-state index contributed by atoms with van der Waals surface area (Å²) >= 11 is 0. The van der Waals surface area contributed by atoms with Crippen LogP contribution in [0.1, 0.15) is 21.7 Å².